The molecule has 0 saturated heterocycles. The number of benzene rings is 1. The van der Waals surface area contributed by atoms with Crippen molar-refractivity contribution in [3.63, 3.8) is 0 Å². The van der Waals surface area contributed by atoms with Gasteiger partial charge in [-0.3, -0.25) is 0 Å². The zero-order valence-electron chi connectivity index (χ0n) is 8.65. The molecule has 2 rings (SSSR count). The van der Waals surface area contributed by atoms with Gasteiger partial charge in [0, 0.05) is 9.35 Å². The summed E-state index contributed by atoms with van der Waals surface area (Å²) >= 11 is 11.2. The molecule has 1 aromatic carbocycles. The van der Waals surface area contributed by atoms with E-state index in [0.717, 1.165) is 14.9 Å². The number of hydrogen-bond acceptors (Lipinski definition) is 2. The van der Waals surface area contributed by atoms with Gasteiger partial charge in [-0.15, -0.1) is 11.3 Å². The van der Waals surface area contributed by atoms with E-state index in [0.29, 0.717) is 10.6 Å². The SMILES string of the molecule is N#CC(=C(Cl)c1cccc(Br)c1)c1cccs1. The molecule has 0 spiro atoms. The summed E-state index contributed by atoms with van der Waals surface area (Å²) in [5, 5.41) is 11.6. The summed E-state index contributed by atoms with van der Waals surface area (Å²) in [6, 6.07) is 13.6. The number of hydrogen-bond donors (Lipinski definition) is 0. The Bertz CT molecular complexity index is 596. The minimum absolute atomic E-state index is 0.483. The normalized spacial score (nSPS) is 11.8. The second-order valence-electron chi connectivity index (χ2n) is 3.29. The predicted molar refractivity (Wildman–Crippen MR) is 76.7 cm³/mol. The third-order valence-corrected chi connectivity index (χ3v) is 3.96. The lowest BCUT2D eigenvalue weighted by molar-refractivity contribution is 1.53. The first-order valence-corrected chi connectivity index (χ1v) is 6.87. The monoisotopic (exact) mass is 323 g/mol. The van der Waals surface area contributed by atoms with Crippen molar-refractivity contribution in [2.45, 2.75) is 0 Å². The van der Waals surface area contributed by atoms with Gasteiger partial charge < -0.3 is 0 Å². The molecule has 0 radical (unpaired) electrons. The van der Waals surface area contributed by atoms with Crippen molar-refractivity contribution in [1.82, 2.24) is 0 Å². The highest BCUT2D eigenvalue weighted by Gasteiger charge is 2.10. The Morgan fingerprint density at radius 2 is 2.12 bits per heavy atom. The van der Waals surface area contributed by atoms with E-state index in [4.69, 9.17) is 11.6 Å². The van der Waals surface area contributed by atoms with E-state index < -0.39 is 0 Å². The highest BCUT2D eigenvalue weighted by molar-refractivity contribution is 9.10. The molecular weight excluding hydrogens is 318 g/mol. The average molecular weight is 325 g/mol. The van der Waals surface area contributed by atoms with Gasteiger partial charge in [-0.1, -0.05) is 45.7 Å². The van der Waals surface area contributed by atoms with Crippen LogP contribution in [0.25, 0.3) is 10.6 Å². The Hall–Kier alpha value is -1.08. The fourth-order valence-electron chi connectivity index (χ4n) is 1.40. The van der Waals surface area contributed by atoms with Gasteiger partial charge >= 0.3 is 0 Å². The van der Waals surface area contributed by atoms with Crippen LogP contribution in [0.5, 0.6) is 0 Å². The third kappa shape index (κ3) is 2.78. The van der Waals surface area contributed by atoms with Gasteiger partial charge in [-0.2, -0.15) is 5.26 Å². The van der Waals surface area contributed by atoms with Gasteiger partial charge in [0.2, 0.25) is 0 Å². The minimum atomic E-state index is 0.483. The quantitative estimate of drug-likeness (QED) is 0.702. The Kier molecular flexibility index (Phi) is 4.01. The second kappa shape index (κ2) is 5.50. The van der Waals surface area contributed by atoms with Crippen LogP contribution in [0.4, 0.5) is 0 Å². The van der Waals surface area contributed by atoms with Gasteiger partial charge in [-0.25, -0.2) is 0 Å². The van der Waals surface area contributed by atoms with Gasteiger partial charge in [0.15, 0.2) is 0 Å². The Labute approximate surface area is 117 Å². The lowest BCUT2D eigenvalue weighted by Crippen LogP contribution is -1.83. The van der Waals surface area contributed by atoms with Crippen molar-refractivity contribution in [2.24, 2.45) is 0 Å². The molecular formula is C13H7BrClNS. The highest BCUT2D eigenvalue weighted by atomic mass is 79.9. The van der Waals surface area contributed by atoms with Gasteiger partial charge in [0.05, 0.1) is 10.6 Å². The van der Waals surface area contributed by atoms with Crippen LogP contribution < -0.4 is 0 Å². The Balaban J connectivity index is 2.54. The van der Waals surface area contributed by atoms with Crippen molar-refractivity contribution in [1.29, 1.82) is 5.26 Å². The molecule has 2 aromatic rings. The summed E-state index contributed by atoms with van der Waals surface area (Å²) in [5.41, 5.74) is 1.35. The topological polar surface area (TPSA) is 23.8 Å². The maximum absolute atomic E-state index is 9.20. The number of allylic oxidation sites excluding steroid dienone is 1. The molecule has 0 amide bonds. The van der Waals surface area contributed by atoms with Crippen molar-refractivity contribution in [3.8, 4) is 6.07 Å². The molecule has 1 aromatic heterocycles. The van der Waals surface area contributed by atoms with Crippen LogP contribution in [0.2, 0.25) is 0 Å². The summed E-state index contributed by atoms with van der Waals surface area (Å²) < 4.78 is 0.941. The molecule has 1 heterocycles. The first-order chi connectivity index (χ1) is 8.22. The molecule has 17 heavy (non-hydrogen) atoms. The zero-order valence-corrected chi connectivity index (χ0v) is 11.8. The van der Waals surface area contributed by atoms with Crippen LogP contribution in [0.1, 0.15) is 10.4 Å². The van der Waals surface area contributed by atoms with E-state index in [1.54, 1.807) is 0 Å². The molecule has 0 saturated carbocycles. The predicted octanol–water partition coefficient (Wildman–Crippen LogP) is 5.14. The van der Waals surface area contributed by atoms with Gasteiger partial charge in [0.1, 0.15) is 6.07 Å². The molecule has 0 aliphatic heterocycles. The second-order valence-corrected chi connectivity index (χ2v) is 5.53. The van der Waals surface area contributed by atoms with Crippen LogP contribution in [0, 0.1) is 11.3 Å². The molecule has 0 fully saturated rings. The van der Waals surface area contributed by atoms with Crippen molar-refractivity contribution in [3.05, 3.63) is 56.7 Å². The molecule has 0 aliphatic carbocycles. The number of thiophene rings is 1. The Morgan fingerprint density at radius 1 is 1.29 bits per heavy atom. The molecule has 0 unspecified atom stereocenters. The zero-order chi connectivity index (χ0) is 12.3. The van der Waals surface area contributed by atoms with Crippen LogP contribution >= 0.6 is 38.9 Å². The average Bonchev–Trinajstić information content (AvgIpc) is 2.83. The molecule has 4 heteroatoms. The molecule has 1 nitrogen and oxygen atoms in total. The molecule has 0 aliphatic rings. The summed E-state index contributed by atoms with van der Waals surface area (Å²) in [7, 11) is 0. The standard InChI is InChI=1S/C13H7BrClNS/c14-10-4-1-3-9(7-10)13(15)11(8-16)12-5-2-6-17-12/h1-7H. The van der Waals surface area contributed by atoms with E-state index in [2.05, 4.69) is 22.0 Å². The van der Waals surface area contributed by atoms with E-state index in [9.17, 15) is 5.26 Å². The van der Waals surface area contributed by atoms with Gasteiger partial charge in [0.25, 0.3) is 0 Å². The van der Waals surface area contributed by atoms with Crippen molar-refractivity contribution >= 4 is 49.5 Å². The summed E-state index contributed by atoms with van der Waals surface area (Å²) in [4.78, 5) is 0.887. The maximum Gasteiger partial charge on any atom is 0.102 e. The largest absolute Gasteiger partial charge is 0.192 e. The summed E-state index contributed by atoms with van der Waals surface area (Å²) in [6.45, 7) is 0. The fraction of sp³-hybridized carbons (Fsp3) is 0. The van der Waals surface area contributed by atoms with Gasteiger partial charge in [-0.05, 0) is 29.1 Å². The lowest BCUT2D eigenvalue weighted by atomic mass is 10.1. The summed E-state index contributed by atoms with van der Waals surface area (Å²) in [6.07, 6.45) is 0. The fourth-order valence-corrected chi connectivity index (χ4v) is 2.85. The number of halogens is 2. The van der Waals surface area contributed by atoms with Crippen LogP contribution in [0.3, 0.4) is 0 Å². The maximum atomic E-state index is 9.20. The number of nitrogens with zero attached hydrogens (tertiary/aromatic N) is 1. The van der Waals surface area contributed by atoms with E-state index >= 15 is 0 Å². The first kappa shape index (κ1) is 12.4. The molecule has 0 bridgehead atoms. The first-order valence-electron chi connectivity index (χ1n) is 4.82. The van der Waals surface area contributed by atoms with E-state index in [1.165, 1.54) is 11.3 Å². The van der Waals surface area contributed by atoms with Crippen LogP contribution in [0.15, 0.2) is 46.3 Å². The van der Waals surface area contributed by atoms with E-state index in [-0.39, 0.29) is 0 Å². The number of rotatable bonds is 2. The molecule has 0 atom stereocenters. The minimum Gasteiger partial charge on any atom is -0.192 e. The summed E-state index contributed by atoms with van der Waals surface area (Å²) in [5.74, 6) is 0. The lowest BCUT2D eigenvalue weighted by Gasteiger charge is -2.02. The van der Waals surface area contributed by atoms with Crippen LogP contribution in [-0.4, -0.2) is 0 Å². The smallest absolute Gasteiger partial charge is 0.102 e. The van der Waals surface area contributed by atoms with Crippen LogP contribution in [-0.2, 0) is 0 Å². The highest BCUT2D eigenvalue weighted by Crippen LogP contribution is 2.32. The molecule has 84 valence electrons. The van der Waals surface area contributed by atoms with Crippen molar-refractivity contribution in [2.75, 3.05) is 0 Å². The molecule has 0 N–H and O–H groups in total. The Morgan fingerprint density at radius 3 is 2.71 bits per heavy atom. The van der Waals surface area contributed by atoms with E-state index in [1.807, 2.05) is 41.8 Å². The van der Waals surface area contributed by atoms with Crippen molar-refractivity contribution < 1.29 is 0 Å². The third-order valence-electron chi connectivity index (χ3n) is 2.18. The number of nitriles is 1.